The summed E-state index contributed by atoms with van der Waals surface area (Å²) in [6.45, 7) is 4.67. The Hall–Kier alpha value is -1.78. The molecule has 0 bridgehead atoms. The van der Waals surface area contributed by atoms with Crippen molar-refractivity contribution in [2.45, 2.75) is 303 Å². The van der Waals surface area contributed by atoms with Crippen molar-refractivity contribution in [3.63, 3.8) is 0 Å². The molecule has 0 aromatic rings. The summed E-state index contributed by atoms with van der Waals surface area (Å²) in [7, 11) is -4.74. The Morgan fingerprint density at radius 1 is 0.397 bits per heavy atom. The third kappa shape index (κ3) is 49.2. The van der Waals surface area contributed by atoms with Crippen LogP contribution in [0.1, 0.15) is 290 Å². The maximum atomic E-state index is 12.9. The number of unbranched alkanes of at least 4 members (excludes halogenated alkanes) is 35. The summed E-state index contributed by atoms with van der Waals surface area (Å²) in [6, 6.07) is 0. The standard InChI is InChI=1S/C56H107O11P/c1-4-7-10-13-16-19-22-25-26-29-30-33-36-39-42-45-54(58)63-49-53(67-56(60)47-44-41-38-35-32-28-24-21-18-15-12-9-6-3)51-65-68(61,62)64-50-52(48-57)66-55(59)46-43-40-37-34-31-27-23-20-17-14-11-8-5-2/h21,24,52-53,57H,4-20,22-23,25-51H2,1-3H3,(H,61,62)/b24-21-. The van der Waals surface area contributed by atoms with Crippen molar-refractivity contribution in [2.75, 3.05) is 26.4 Å². The minimum absolute atomic E-state index is 0.164. The molecular weight excluding hydrogens is 880 g/mol. The van der Waals surface area contributed by atoms with Crippen molar-refractivity contribution in [3.8, 4) is 0 Å². The third-order valence-electron chi connectivity index (χ3n) is 12.7. The van der Waals surface area contributed by atoms with Gasteiger partial charge in [0.2, 0.25) is 0 Å². The fourth-order valence-electron chi connectivity index (χ4n) is 8.29. The molecule has 0 aromatic carbocycles. The lowest BCUT2D eigenvalue weighted by molar-refractivity contribution is -0.161. The van der Waals surface area contributed by atoms with E-state index in [9.17, 15) is 28.9 Å². The molecule has 0 radical (unpaired) electrons. The highest BCUT2D eigenvalue weighted by Gasteiger charge is 2.28. The van der Waals surface area contributed by atoms with Gasteiger partial charge in [0.25, 0.3) is 0 Å². The molecule has 12 heteroatoms. The number of aliphatic hydroxyl groups is 1. The number of carbonyl (C=O) groups excluding carboxylic acids is 3. The molecule has 0 spiro atoms. The fourth-order valence-corrected chi connectivity index (χ4v) is 9.08. The quantitative estimate of drug-likeness (QED) is 0.0197. The van der Waals surface area contributed by atoms with E-state index >= 15 is 0 Å². The summed E-state index contributed by atoms with van der Waals surface area (Å²) in [5.41, 5.74) is 0. The van der Waals surface area contributed by atoms with Crippen LogP contribution in [0.5, 0.6) is 0 Å². The van der Waals surface area contributed by atoms with Gasteiger partial charge in [-0.25, -0.2) is 4.57 Å². The van der Waals surface area contributed by atoms with Crippen LogP contribution in [-0.4, -0.2) is 66.5 Å². The van der Waals surface area contributed by atoms with Gasteiger partial charge in [-0.1, -0.05) is 238 Å². The predicted octanol–water partition coefficient (Wildman–Crippen LogP) is 16.5. The number of carbonyl (C=O) groups is 3. The Balaban J connectivity index is 4.67. The maximum Gasteiger partial charge on any atom is 0.472 e. The third-order valence-corrected chi connectivity index (χ3v) is 13.6. The lowest BCUT2D eigenvalue weighted by Gasteiger charge is -2.21. The first-order valence-electron chi connectivity index (χ1n) is 28.6. The molecule has 2 N–H and O–H groups in total. The summed E-state index contributed by atoms with van der Waals surface area (Å²) in [5.74, 6) is -1.45. The lowest BCUT2D eigenvalue weighted by atomic mass is 10.0. The molecule has 0 heterocycles. The minimum atomic E-state index is -4.74. The molecule has 0 fully saturated rings. The highest BCUT2D eigenvalue weighted by atomic mass is 31.2. The Bertz CT molecular complexity index is 1200. The van der Waals surface area contributed by atoms with E-state index in [1.165, 1.54) is 154 Å². The summed E-state index contributed by atoms with van der Waals surface area (Å²) in [5, 5.41) is 9.79. The summed E-state index contributed by atoms with van der Waals surface area (Å²) in [4.78, 5) is 48.4. The molecule has 0 aliphatic heterocycles. The molecule has 3 unspecified atom stereocenters. The molecule has 0 saturated carbocycles. The molecule has 0 amide bonds. The summed E-state index contributed by atoms with van der Waals surface area (Å²) < 4.78 is 39.5. The van der Waals surface area contributed by atoms with Crippen LogP contribution in [0, 0.1) is 0 Å². The van der Waals surface area contributed by atoms with Crippen molar-refractivity contribution in [1.82, 2.24) is 0 Å². The number of ether oxygens (including phenoxy) is 3. The van der Waals surface area contributed by atoms with E-state index in [4.69, 9.17) is 23.3 Å². The molecular formula is C56H107O11P. The van der Waals surface area contributed by atoms with Gasteiger partial charge in [-0.3, -0.25) is 23.4 Å². The second-order valence-electron chi connectivity index (χ2n) is 19.5. The molecule has 3 atom stereocenters. The van der Waals surface area contributed by atoms with Crippen LogP contribution in [0.15, 0.2) is 12.2 Å². The second-order valence-corrected chi connectivity index (χ2v) is 20.9. The first kappa shape index (κ1) is 66.2. The highest BCUT2D eigenvalue weighted by Crippen LogP contribution is 2.43. The number of esters is 3. The molecule has 11 nitrogen and oxygen atoms in total. The Kier molecular flexibility index (Phi) is 50.2. The van der Waals surface area contributed by atoms with Gasteiger partial charge >= 0.3 is 25.7 Å². The molecule has 0 aliphatic carbocycles. The van der Waals surface area contributed by atoms with Gasteiger partial charge < -0.3 is 24.2 Å². The average Bonchev–Trinajstić information content (AvgIpc) is 3.32. The van der Waals surface area contributed by atoms with E-state index in [0.717, 1.165) is 77.0 Å². The van der Waals surface area contributed by atoms with Crippen LogP contribution in [0.2, 0.25) is 0 Å². The van der Waals surface area contributed by atoms with Crippen LogP contribution >= 0.6 is 7.82 Å². The van der Waals surface area contributed by atoms with Crippen molar-refractivity contribution in [1.29, 1.82) is 0 Å². The van der Waals surface area contributed by atoms with E-state index in [2.05, 4.69) is 32.9 Å². The number of phosphoric ester groups is 1. The van der Waals surface area contributed by atoms with Gasteiger partial charge in [0.15, 0.2) is 6.10 Å². The Morgan fingerprint density at radius 2 is 0.676 bits per heavy atom. The van der Waals surface area contributed by atoms with Crippen molar-refractivity contribution in [2.24, 2.45) is 0 Å². The van der Waals surface area contributed by atoms with Crippen LogP contribution in [0.4, 0.5) is 0 Å². The van der Waals surface area contributed by atoms with E-state index in [0.29, 0.717) is 19.3 Å². The number of hydrogen-bond donors (Lipinski definition) is 2. The molecule has 0 aromatic heterocycles. The average molecular weight is 987 g/mol. The first-order valence-corrected chi connectivity index (χ1v) is 30.1. The smallest absolute Gasteiger partial charge is 0.462 e. The van der Waals surface area contributed by atoms with Crippen LogP contribution < -0.4 is 0 Å². The minimum Gasteiger partial charge on any atom is -0.462 e. The zero-order valence-electron chi connectivity index (χ0n) is 44.4. The maximum absolute atomic E-state index is 12.9. The van der Waals surface area contributed by atoms with Gasteiger partial charge in [0, 0.05) is 19.3 Å². The Labute approximate surface area is 417 Å². The number of phosphoric acid groups is 1. The zero-order chi connectivity index (χ0) is 49.9. The normalized spacial score (nSPS) is 13.4. The van der Waals surface area contributed by atoms with Crippen molar-refractivity contribution < 1.29 is 52.2 Å². The van der Waals surface area contributed by atoms with Gasteiger partial charge in [-0.15, -0.1) is 0 Å². The predicted molar refractivity (Wildman–Crippen MR) is 280 cm³/mol. The molecule has 68 heavy (non-hydrogen) atoms. The number of aliphatic hydroxyl groups excluding tert-OH is 1. The number of allylic oxidation sites excluding steroid dienone is 2. The molecule has 0 saturated heterocycles. The van der Waals surface area contributed by atoms with Crippen molar-refractivity contribution in [3.05, 3.63) is 12.2 Å². The van der Waals surface area contributed by atoms with Crippen LogP contribution in [-0.2, 0) is 42.2 Å². The first-order chi connectivity index (χ1) is 33.2. The summed E-state index contributed by atoms with van der Waals surface area (Å²) >= 11 is 0. The van der Waals surface area contributed by atoms with Crippen molar-refractivity contribution >= 4 is 25.7 Å². The zero-order valence-corrected chi connectivity index (χ0v) is 45.2. The van der Waals surface area contributed by atoms with Crippen LogP contribution in [0.3, 0.4) is 0 Å². The van der Waals surface area contributed by atoms with E-state index < -0.39 is 57.8 Å². The van der Waals surface area contributed by atoms with E-state index in [1.807, 2.05) is 0 Å². The largest absolute Gasteiger partial charge is 0.472 e. The molecule has 0 rings (SSSR count). The highest BCUT2D eigenvalue weighted by molar-refractivity contribution is 7.47. The SMILES string of the molecule is CCCCCC/C=C\CCCCCCCC(=O)OC(COC(=O)CCCCCCCCCCCCCCCCC)COP(=O)(O)OCC(CO)OC(=O)CCCCCCCCCCCCCCC. The number of hydrogen-bond acceptors (Lipinski definition) is 10. The second kappa shape index (κ2) is 51.6. The van der Waals surface area contributed by atoms with E-state index in [-0.39, 0.29) is 25.9 Å². The fraction of sp³-hybridized carbons (Fsp3) is 0.911. The van der Waals surface area contributed by atoms with E-state index in [1.54, 1.807) is 0 Å². The van der Waals surface area contributed by atoms with Gasteiger partial charge in [0.05, 0.1) is 19.8 Å². The summed E-state index contributed by atoms with van der Waals surface area (Å²) in [6.07, 6.45) is 48.8. The van der Waals surface area contributed by atoms with Crippen LogP contribution in [0.25, 0.3) is 0 Å². The van der Waals surface area contributed by atoms with Gasteiger partial charge in [-0.05, 0) is 44.9 Å². The monoisotopic (exact) mass is 987 g/mol. The Morgan fingerprint density at radius 3 is 1.03 bits per heavy atom. The van der Waals surface area contributed by atoms with Gasteiger partial charge in [0.1, 0.15) is 12.7 Å². The molecule has 402 valence electrons. The lowest BCUT2D eigenvalue weighted by Crippen LogP contribution is -2.30. The topological polar surface area (TPSA) is 155 Å². The number of rotatable bonds is 54. The van der Waals surface area contributed by atoms with Gasteiger partial charge in [-0.2, -0.15) is 0 Å². The molecule has 0 aliphatic rings.